The molecule has 0 amide bonds. The van der Waals surface area contributed by atoms with Crippen LogP contribution in [0, 0.1) is 5.41 Å². The lowest BCUT2D eigenvalue weighted by atomic mass is 9.73. The van der Waals surface area contributed by atoms with E-state index in [-0.39, 0.29) is 11.5 Å². The van der Waals surface area contributed by atoms with Gasteiger partial charge in [-0.05, 0) is 18.9 Å². The maximum Gasteiger partial charge on any atom is 0.165 e. The molecule has 4 heteroatoms. The molecular weight excluding hydrogens is 266 g/mol. The topological polar surface area (TPSA) is 50.7 Å². The highest BCUT2D eigenvalue weighted by molar-refractivity contribution is 5.47. The molecule has 2 aliphatic rings. The van der Waals surface area contributed by atoms with Crippen molar-refractivity contribution >= 4 is 0 Å². The number of hydrogen-bond acceptors (Lipinski definition) is 4. The van der Waals surface area contributed by atoms with Crippen LogP contribution in [0.15, 0.2) is 18.2 Å². The molecule has 1 aliphatic heterocycles. The van der Waals surface area contributed by atoms with Crippen LogP contribution in [-0.2, 0) is 6.54 Å². The summed E-state index contributed by atoms with van der Waals surface area (Å²) in [6.07, 6.45) is 4.19. The molecule has 21 heavy (non-hydrogen) atoms. The highest BCUT2D eigenvalue weighted by Gasteiger charge is 2.34. The van der Waals surface area contributed by atoms with Crippen LogP contribution in [0.4, 0.5) is 0 Å². The van der Waals surface area contributed by atoms with Crippen LogP contribution in [0.5, 0.6) is 11.5 Å². The second-order valence-corrected chi connectivity index (χ2v) is 6.46. The standard InChI is InChI=1S/C17H25NO3/c1-17(8-3-2-7-15(17)19)12-18-11-13-5-4-6-14-16(13)21-10-9-20-14/h4-6,15,18-19H,2-3,7-12H2,1H3. The summed E-state index contributed by atoms with van der Waals surface area (Å²) in [7, 11) is 0. The zero-order chi connectivity index (χ0) is 14.7. The Labute approximate surface area is 126 Å². The summed E-state index contributed by atoms with van der Waals surface area (Å²) in [4.78, 5) is 0. The van der Waals surface area contributed by atoms with E-state index >= 15 is 0 Å². The van der Waals surface area contributed by atoms with Crippen molar-refractivity contribution < 1.29 is 14.6 Å². The maximum absolute atomic E-state index is 10.2. The van der Waals surface area contributed by atoms with Crippen LogP contribution >= 0.6 is 0 Å². The second-order valence-electron chi connectivity index (χ2n) is 6.46. The molecular formula is C17H25NO3. The molecule has 0 saturated heterocycles. The minimum Gasteiger partial charge on any atom is -0.486 e. The van der Waals surface area contributed by atoms with Gasteiger partial charge in [-0.15, -0.1) is 0 Å². The summed E-state index contributed by atoms with van der Waals surface area (Å²) in [5.41, 5.74) is 1.12. The number of aliphatic hydroxyl groups excluding tert-OH is 1. The summed E-state index contributed by atoms with van der Waals surface area (Å²) in [5.74, 6) is 1.70. The van der Waals surface area contributed by atoms with Gasteiger partial charge in [0.25, 0.3) is 0 Å². The van der Waals surface area contributed by atoms with Crippen molar-refractivity contribution in [2.24, 2.45) is 5.41 Å². The zero-order valence-electron chi connectivity index (χ0n) is 12.7. The normalized spacial score (nSPS) is 28.4. The lowest BCUT2D eigenvalue weighted by Gasteiger charge is -2.38. The summed E-state index contributed by atoms with van der Waals surface area (Å²) in [6.45, 7) is 4.99. The van der Waals surface area contributed by atoms with E-state index in [9.17, 15) is 5.11 Å². The van der Waals surface area contributed by atoms with Gasteiger partial charge in [0.15, 0.2) is 11.5 Å². The van der Waals surface area contributed by atoms with Crippen molar-refractivity contribution in [1.29, 1.82) is 0 Å². The van der Waals surface area contributed by atoms with Crippen LogP contribution < -0.4 is 14.8 Å². The van der Waals surface area contributed by atoms with Crippen molar-refractivity contribution in [3.63, 3.8) is 0 Å². The first-order chi connectivity index (χ1) is 10.2. The number of rotatable bonds is 4. The van der Waals surface area contributed by atoms with Crippen molar-refractivity contribution in [3.05, 3.63) is 23.8 Å². The van der Waals surface area contributed by atoms with Crippen molar-refractivity contribution in [2.45, 2.75) is 45.3 Å². The Morgan fingerprint density at radius 1 is 1.29 bits per heavy atom. The molecule has 2 atom stereocenters. The van der Waals surface area contributed by atoms with Crippen LogP contribution in [0.25, 0.3) is 0 Å². The first-order valence-electron chi connectivity index (χ1n) is 7.95. The molecule has 0 aromatic heterocycles. The second kappa shape index (κ2) is 6.24. The number of benzene rings is 1. The first-order valence-corrected chi connectivity index (χ1v) is 7.95. The van der Waals surface area contributed by atoms with Gasteiger partial charge in [0.1, 0.15) is 13.2 Å². The average Bonchev–Trinajstić information content (AvgIpc) is 2.51. The van der Waals surface area contributed by atoms with Crippen LogP contribution in [0.3, 0.4) is 0 Å². The molecule has 0 radical (unpaired) electrons. The lowest BCUT2D eigenvalue weighted by Crippen LogP contribution is -2.43. The molecule has 1 aromatic carbocycles. The maximum atomic E-state index is 10.2. The molecule has 4 nitrogen and oxygen atoms in total. The van der Waals surface area contributed by atoms with Crippen molar-refractivity contribution in [2.75, 3.05) is 19.8 Å². The predicted octanol–water partition coefficient (Wildman–Crippen LogP) is 2.49. The Balaban J connectivity index is 1.60. The van der Waals surface area contributed by atoms with E-state index in [1.54, 1.807) is 0 Å². The molecule has 116 valence electrons. The summed E-state index contributed by atoms with van der Waals surface area (Å²) in [5, 5.41) is 13.7. The fourth-order valence-electron chi connectivity index (χ4n) is 3.34. The predicted molar refractivity (Wildman–Crippen MR) is 81.7 cm³/mol. The third-order valence-electron chi connectivity index (χ3n) is 4.77. The van der Waals surface area contributed by atoms with Crippen LogP contribution in [0.1, 0.15) is 38.2 Å². The van der Waals surface area contributed by atoms with E-state index in [1.807, 2.05) is 12.1 Å². The van der Waals surface area contributed by atoms with Gasteiger partial charge in [-0.25, -0.2) is 0 Å². The van der Waals surface area contributed by atoms with Crippen LogP contribution in [-0.4, -0.2) is 31.0 Å². The summed E-state index contributed by atoms with van der Waals surface area (Å²) in [6, 6.07) is 6.02. The number of hydrogen-bond donors (Lipinski definition) is 2. The highest BCUT2D eigenvalue weighted by atomic mass is 16.6. The van der Waals surface area contributed by atoms with Gasteiger partial charge in [-0.1, -0.05) is 31.9 Å². The van der Waals surface area contributed by atoms with Gasteiger partial charge in [-0.2, -0.15) is 0 Å². The van der Waals surface area contributed by atoms with E-state index < -0.39 is 0 Å². The molecule has 1 heterocycles. The monoisotopic (exact) mass is 291 g/mol. The smallest absolute Gasteiger partial charge is 0.165 e. The fraction of sp³-hybridized carbons (Fsp3) is 0.647. The number of fused-ring (bicyclic) bond motifs is 1. The number of para-hydroxylation sites is 1. The SMILES string of the molecule is CC1(CNCc2cccc3c2OCCO3)CCCCC1O. The Morgan fingerprint density at radius 3 is 3.00 bits per heavy atom. The molecule has 0 spiro atoms. The minimum absolute atomic E-state index is 0.00948. The minimum atomic E-state index is -0.192. The van der Waals surface area contributed by atoms with E-state index in [2.05, 4.69) is 18.3 Å². The third kappa shape index (κ3) is 3.16. The summed E-state index contributed by atoms with van der Waals surface area (Å²) < 4.78 is 11.3. The average molecular weight is 291 g/mol. The third-order valence-corrected chi connectivity index (χ3v) is 4.77. The van der Waals surface area contributed by atoms with Gasteiger partial charge in [0, 0.05) is 24.1 Å². The van der Waals surface area contributed by atoms with Crippen LogP contribution in [0.2, 0.25) is 0 Å². The highest BCUT2D eigenvalue weighted by Crippen LogP contribution is 2.36. The number of aliphatic hydroxyl groups is 1. The van der Waals surface area contributed by atoms with Crippen molar-refractivity contribution in [1.82, 2.24) is 5.32 Å². The van der Waals surface area contributed by atoms with Gasteiger partial charge in [0.05, 0.1) is 6.10 Å². The number of nitrogens with one attached hydrogen (secondary N) is 1. The molecule has 1 fully saturated rings. The Morgan fingerprint density at radius 2 is 2.14 bits per heavy atom. The van der Waals surface area contributed by atoms with Gasteiger partial charge in [0.2, 0.25) is 0 Å². The largest absolute Gasteiger partial charge is 0.486 e. The quantitative estimate of drug-likeness (QED) is 0.895. The van der Waals surface area contributed by atoms with E-state index in [0.717, 1.165) is 49.4 Å². The summed E-state index contributed by atoms with van der Waals surface area (Å²) >= 11 is 0. The lowest BCUT2D eigenvalue weighted by molar-refractivity contribution is 0.00111. The van der Waals surface area contributed by atoms with E-state index in [1.165, 1.54) is 6.42 Å². The Kier molecular flexibility index (Phi) is 4.36. The molecule has 0 bridgehead atoms. The first kappa shape index (κ1) is 14.7. The van der Waals surface area contributed by atoms with Gasteiger partial charge in [-0.3, -0.25) is 0 Å². The Bertz CT molecular complexity index is 491. The number of ether oxygens (including phenoxy) is 2. The van der Waals surface area contributed by atoms with E-state index in [0.29, 0.717) is 13.2 Å². The Hall–Kier alpha value is -1.26. The molecule has 1 aromatic rings. The molecule has 1 saturated carbocycles. The molecule has 3 rings (SSSR count). The molecule has 1 aliphatic carbocycles. The zero-order valence-corrected chi connectivity index (χ0v) is 12.7. The van der Waals surface area contributed by atoms with Gasteiger partial charge >= 0.3 is 0 Å². The van der Waals surface area contributed by atoms with Gasteiger partial charge < -0.3 is 19.9 Å². The fourth-order valence-corrected chi connectivity index (χ4v) is 3.34. The molecule has 2 N–H and O–H groups in total. The van der Waals surface area contributed by atoms with Crippen molar-refractivity contribution in [3.8, 4) is 11.5 Å². The molecule has 2 unspecified atom stereocenters. The van der Waals surface area contributed by atoms with E-state index in [4.69, 9.17) is 9.47 Å².